The number of hydrogen-bond donors (Lipinski definition) is 2. The fraction of sp³-hybridized carbons (Fsp3) is 0.300. The first kappa shape index (κ1) is 9.02. The van der Waals surface area contributed by atoms with Gasteiger partial charge in [-0.05, 0) is 6.07 Å². The van der Waals surface area contributed by atoms with Gasteiger partial charge >= 0.3 is 5.97 Å². The monoisotopic (exact) mass is 192 g/mol. The van der Waals surface area contributed by atoms with Crippen LogP contribution in [0.15, 0.2) is 24.3 Å². The van der Waals surface area contributed by atoms with Crippen molar-refractivity contribution in [3.8, 4) is 0 Å². The minimum Gasteiger partial charge on any atom is -0.463 e. The summed E-state index contributed by atoms with van der Waals surface area (Å²) in [5.74, 6) is -0.255. The van der Waals surface area contributed by atoms with Crippen molar-refractivity contribution in [1.82, 2.24) is 5.32 Å². The summed E-state index contributed by atoms with van der Waals surface area (Å²) in [6, 6.07) is 6.89. The second-order valence-corrected chi connectivity index (χ2v) is 3.18. The Morgan fingerprint density at radius 2 is 2.21 bits per heavy atom. The highest BCUT2D eigenvalue weighted by atomic mass is 16.5. The molecule has 2 rings (SSSR count). The third kappa shape index (κ3) is 1.56. The summed E-state index contributed by atoms with van der Waals surface area (Å²) in [5.41, 5.74) is 7.17. The van der Waals surface area contributed by atoms with E-state index in [0.29, 0.717) is 18.8 Å². The number of benzene rings is 1. The van der Waals surface area contributed by atoms with Crippen LogP contribution in [0.2, 0.25) is 0 Å². The molecule has 1 atom stereocenters. The highest BCUT2D eigenvalue weighted by molar-refractivity contribution is 5.80. The van der Waals surface area contributed by atoms with Gasteiger partial charge in [0.2, 0.25) is 0 Å². The van der Waals surface area contributed by atoms with Crippen molar-refractivity contribution in [2.45, 2.75) is 6.04 Å². The lowest BCUT2D eigenvalue weighted by Gasteiger charge is -2.23. The Bertz CT molecular complexity index is 352. The second-order valence-electron chi connectivity index (χ2n) is 3.18. The Balaban J connectivity index is 2.29. The van der Waals surface area contributed by atoms with E-state index in [-0.39, 0.29) is 5.97 Å². The van der Waals surface area contributed by atoms with Gasteiger partial charge in [0, 0.05) is 17.8 Å². The first-order chi connectivity index (χ1) is 6.79. The smallest absolute Gasteiger partial charge is 0.327 e. The van der Waals surface area contributed by atoms with Gasteiger partial charge in [0.15, 0.2) is 0 Å². The van der Waals surface area contributed by atoms with Crippen LogP contribution in [0.3, 0.4) is 0 Å². The number of anilines is 1. The molecule has 0 aliphatic carbocycles. The quantitative estimate of drug-likeness (QED) is 0.501. The predicted molar refractivity (Wildman–Crippen MR) is 52.6 cm³/mol. The first-order valence-corrected chi connectivity index (χ1v) is 4.53. The molecule has 0 aromatic heterocycles. The van der Waals surface area contributed by atoms with Gasteiger partial charge in [-0.1, -0.05) is 18.2 Å². The summed E-state index contributed by atoms with van der Waals surface area (Å²) in [4.78, 5) is 11.4. The van der Waals surface area contributed by atoms with E-state index < -0.39 is 6.04 Å². The molecule has 1 aliphatic rings. The molecule has 4 heteroatoms. The molecular weight excluding hydrogens is 180 g/mol. The number of esters is 1. The fourth-order valence-electron chi connectivity index (χ4n) is 1.53. The predicted octanol–water partition coefficient (Wildman–Crippen LogP) is 0.456. The van der Waals surface area contributed by atoms with Gasteiger partial charge in [-0.3, -0.25) is 5.32 Å². The van der Waals surface area contributed by atoms with E-state index in [4.69, 9.17) is 10.5 Å². The van der Waals surface area contributed by atoms with Crippen LogP contribution in [0.1, 0.15) is 11.6 Å². The SMILES string of the molecule is Nc1ccccc1C1NCCOC1=O. The largest absolute Gasteiger partial charge is 0.463 e. The van der Waals surface area contributed by atoms with E-state index >= 15 is 0 Å². The van der Waals surface area contributed by atoms with Gasteiger partial charge < -0.3 is 10.5 Å². The molecule has 74 valence electrons. The molecule has 1 heterocycles. The van der Waals surface area contributed by atoms with Crippen molar-refractivity contribution in [3.63, 3.8) is 0 Å². The van der Waals surface area contributed by atoms with Crippen LogP contribution in [0.5, 0.6) is 0 Å². The van der Waals surface area contributed by atoms with Crippen LogP contribution in [-0.4, -0.2) is 19.1 Å². The lowest BCUT2D eigenvalue weighted by atomic mass is 10.0. The van der Waals surface area contributed by atoms with Crippen molar-refractivity contribution in [3.05, 3.63) is 29.8 Å². The maximum atomic E-state index is 11.4. The molecule has 0 saturated carbocycles. The zero-order valence-electron chi connectivity index (χ0n) is 7.69. The van der Waals surface area contributed by atoms with Crippen molar-refractivity contribution in [1.29, 1.82) is 0 Å². The number of nitrogen functional groups attached to an aromatic ring is 1. The van der Waals surface area contributed by atoms with Crippen molar-refractivity contribution in [2.75, 3.05) is 18.9 Å². The highest BCUT2D eigenvalue weighted by Crippen LogP contribution is 2.22. The molecular formula is C10H12N2O2. The number of nitrogens with one attached hydrogen (secondary N) is 1. The van der Waals surface area contributed by atoms with Crippen molar-refractivity contribution < 1.29 is 9.53 Å². The van der Waals surface area contributed by atoms with E-state index in [1.54, 1.807) is 6.07 Å². The number of ether oxygens (including phenoxy) is 1. The third-order valence-corrected chi connectivity index (χ3v) is 2.24. The summed E-state index contributed by atoms with van der Waals surface area (Å²) >= 11 is 0. The van der Waals surface area contributed by atoms with Crippen LogP contribution in [0.4, 0.5) is 5.69 Å². The molecule has 4 nitrogen and oxygen atoms in total. The summed E-state index contributed by atoms with van der Waals surface area (Å²) in [6.45, 7) is 1.10. The zero-order chi connectivity index (χ0) is 9.97. The standard InChI is InChI=1S/C10H12N2O2/c11-8-4-2-1-3-7(8)9-10(13)14-6-5-12-9/h1-4,9,12H,5-6,11H2. The van der Waals surface area contributed by atoms with Gasteiger partial charge in [0.05, 0.1) is 0 Å². The summed E-state index contributed by atoms with van der Waals surface area (Å²) in [6.07, 6.45) is 0. The van der Waals surface area contributed by atoms with Crippen LogP contribution >= 0.6 is 0 Å². The summed E-state index contributed by atoms with van der Waals surface area (Å²) < 4.78 is 4.94. The van der Waals surface area contributed by atoms with E-state index in [0.717, 1.165) is 5.56 Å². The topological polar surface area (TPSA) is 64.3 Å². The van der Waals surface area contributed by atoms with Crippen molar-refractivity contribution in [2.24, 2.45) is 0 Å². The fourth-order valence-corrected chi connectivity index (χ4v) is 1.53. The van der Waals surface area contributed by atoms with Gasteiger partial charge in [0.25, 0.3) is 0 Å². The van der Waals surface area contributed by atoms with Crippen LogP contribution in [0.25, 0.3) is 0 Å². The molecule has 1 aromatic carbocycles. The minimum absolute atomic E-state index is 0.255. The van der Waals surface area contributed by atoms with Gasteiger partial charge in [-0.25, -0.2) is 4.79 Å². The third-order valence-electron chi connectivity index (χ3n) is 2.24. The lowest BCUT2D eigenvalue weighted by Crippen LogP contribution is -2.39. The molecule has 1 aromatic rings. The number of rotatable bonds is 1. The van der Waals surface area contributed by atoms with Crippen LogP contribution in [0, 0.1) is 0 Å². The lowest BCUT2D eigenvalue weighted by molar-refractivity contribution is -0.149. The number of morpholine rings is 1. The maximum absolute atomic E-state index is 11.4. The van der Waals surface area contributed by atoms with Gasteiger partial charge in [-0.2, -0.15) is 0 Å². The molecule has 1 saturated heterocycles. The number of carbonyl (C=O) groups excluding carboxylic acids is 1. The molecule has 0 radical (unpaired) electrons. The molecule has 0 amide bonds. The van der Waals surface area contributed by atoms with Crippen LogP contribution in [-0.2, 0) is 9.53 Å². The molecule has 3 N–H and O–H groups in total. The maximum Gasteiger partial charge on any atom is 0.327 e. The number of para-hydroxylation sites is 1. The normalized spacial score (nSPS) is 21.7. The number of carbonyl (C=O) groups is 1. The molecule has 1 unspecified atom stereocenters. The molecule has 0 bridgehead atoms. The minimum atomic E-state index is -0.412. The average Bonchev–Trinajstić information content (AvgIpc) is 2.20. The molecule has 1 aliphatic heterocycles. The van der Waals surface area contributed by atoms with E-state index in [1.807, 2.05) is 18.2 Å². The number of cyclic esters (lactones) is 1. The summed E-state index contributed by atoms with van der Waals surface area (Å²) in [7, 11) is 0. The summed E-state index contributed by atoms with van der Waals surface area (Å²) in [5, 5.41) is 3.07. The Kier molecular flexibility index (Phi) is 2.37. The molecule has 14 heavy (non-hydrogen) atoms. The van der Waals surface area contributed by atoms with E-state index in [1.165, 1.54) is 0 Å². The number of nitrogens with two attached hydrogens (primary N) is 1. The Morgan fingerprint density at radius 1 is 1.43 bits per heavy atom. The van der Waals surface area contributed by atoms with Crippen LogP contribution < -0.4 is 11.1 Å². The molecule has 0 spiro atoms. The highest BCUT2D eigenvalue weighted by Gasteiger charge is 2.26. The van der Waals surface area contributed by atoms with E-state index in [9.17, 15) is 4.79 Å². The van der Waals surface area contributed by atoms with Gasteiger partial charge in [0.1, 0.15) is 12.6 Å². The second kappa shape index (κ2) is 3.67. The van der Waals surface area contributed by atoms with E-state index in [2.05, 4.69) is 5.32 Å². The average molecular weight is 192 g/mol. The number of hydrogen-bond acceptors (Lipinski definition) is 4. The Hall–Kier alpha value is -1.55. The zero-order valence-corrected chi connectivity index (χ0v) is 7.69. The van der Waals surface area contributed by atoms with Gasteiger partial charge in [-0.15, -0.1) is 0 Å². The first-order valence-electron chi connectivity index (χ1n) is 4.53. The Labute approximate surface area is 82.1 Å². The Morgan fingerprint density at radius 3 is 2.93 bits per heavy atom. The van der Waals surface area contributed by atoms with Crippen molar-refractivity contribution >= 4 is 11.7 Å². The molecule has 1 fully saturated rings.